The van der Waals surface area contributed by atoms with Crippen molar-refractivity contribution < 1.29 is 4.74 Å². The predicted octanol–water partition coefficient (Wildman–Crippen LogP) is 2.00. The van der Waals surface area contributed by atoms with Crippen LogP contribution in [-0.4, -0.2) is 17.1 Å². The molecule has 0 unspecified atom stereocenters. The highest BCUT2D eigenvalue weighted by atomic mass is 16.5. The Bertz CT molecular complexity index is 542. The maximum Gasteiger partial charge on any atom is 0.161 e. The van der Waals surface area contributed by atoms with Crippen molar-refractivity contribution in [3.8, 4) is 17.1 Å². The summed E-state index contributed by atoms with van der Waals surface area (Å²) in [5, 5.41) is 0. The molecule has 94 valence electrons. The molecule has 0 spiro atoms. The second-order valence-corrected chi connectivity index (χ2v) is 3.79. The van der Waals surface area contributed by atoms with Crippen molar-refractivity contribution in [1.29, 1.82) is 0 Å². The Labute approximate surface area is 106 Å². The Kier molecular flexibility index (Phi) is 3.74. The zero-order valence-electron chi connectivity index (χ0n) is 10.5. The molecule has 0 aliphatic heterocycles. The van der Waals surface area contributed by atoms with E-state index in [1.165, 1.54) is 0 Å². The molecular weight excluding hydrogens is 228 g/mol. The minimum absolute atomic E-state index is 0.592. The Balaban J connectivity index is 2.43. The van der Waals surface area contributed by atoms with Gasteiger partial charge < -0.3 is 10.2 Å². The van der Waals surface area contributed by atoms with Crippen LogP contribution in [0, 0.1) is 0 Å². The third-order valence-corrected chi connectivity index (χ3v) is 2.72. The van der Waals surface area contributed by atoms with Crippen molar-refractivity contribution in [2.75, 3.05) is 12.5 Å². The summed E-state index contributed by atoms with van der Waals surface area (Å²) >= 11 is 0. The molecule has 0 aliphatic carbocycles. The Morgan fingerprint density at radius 2 is 2.17 bits per heavy atom. The molecule has 1 heterocycles. The first kappa shape index (κ1) is 12.3. The topological polar surface area (TPSA) is 73.1 Å². The van der Waals surface area contributed by atoms with Crippen molar-refractivity contribution in [1.82, 2.24) is 9.97 Å². The van der Waals surface area contributed by atoms with Gasteiger partial charge in [0.25, 0.3) is 0 Å². The number of rotatable bonds is 4. The summed E-state index contributed by atoms with van der Waals surface area (Å²) in [5.74, 6) is 7.45. The smallest absolute Gasteiger partial charge is 0.161 e. The van der Waals surface area contributed by atoms with Gasteiger partial charge in [-0.25, -0.2) is 15.8 Å². The zero-order valence-corrected chi connectivity index (χ0v) is 10.5. The molecule has 2 aromatic rings. The number of aryl methyl sites for hydroxylation is 1. The largest absolute Gasteiger partial charge is 0.496 e. The summed E-state index contributed by atoms with van der Waals surface area (Å²) in [6, 6.07) is 7.62. The lowest BCUT2D eigenvalue weighted by Gasteiger charge is -2.09. The number of hydrazine groups is 1. The second-order valence-electron chi connectivity index (χ2n) is 3.79. The number of anilines is 1. The van der Waals surface area contributed by atoms with Crippen LogP contribution in [0.1, 0.15) is 12.5 Å². The molecule has 0 saturated heterocycles. The second kappa shape index (κ2) is 5.46. The van der Waals surface area contributed by atoms with Crippen molar-refractivity contribution in [3.63, 3.8) is 0 Å². The summed E-state index contributed by atoms with van der Waals surface area (Å²) in [6.45, 7) is 2.08. The van der Waals surface area contributed by atoms with Gasteiger partial charge >= 0.3 is 0 Å². The molecule has 0 radical (unpaired) electrons. The van der Waals surface area contributed by atoms with E-state index in [0.29, 0.717) is 11.6 Å². The third kappa shape index (κ3) is 2.41. The third-order valence-electron chi connectivity index (χ3n) is 2.72. The molecule has 3 N–H and O–H groups in total. The maximum absolute atomic E-state index is 5.34. The molecule has 5 nitrogen and oxygen atoms in total. The molecule has 1 aromatic heterocycles. The number of hydrogen-bond acceptors (Lipinski definition) is 5. The van der Waals surface area contributed by atoms with Crippen LogP contribution >= 0.6 is 0 Å². The Hall–Kier alpha value is -2.14. The maximum atomic E-state index is 5.34. The van der Waals surface area contributed by atoms with E-state index in [1.54, 1.807) is 19.4 Å². The lowest BCUT2D eigenvalue weighted by atomic mass is 10.1. The first-order chi connectivity index (χ1) is 8.78. The van der Waals surface area contributed by atoms with Gasteiger partial charge in [0.15, 0.2) is 5.82 Å². The highest BCUT2D eigenvalue weighted by molar-refractivity contribution is 5.60. The van der Waals surface area contributed by atoms with Gasteiger partial charge in [-0.05, 0) is 30.2 Å². The first-order valence-corrected chi connectivity index (χ1v) is 5.75. The number of methoxy groups -OCH3 is 1. The van der Waals surface area contributed by atoms with Gasteiger partial charge in [-0.15, -0.1) is 0 Å². The van der Waals surface area contributed by atoms with Crippen molar-refractivity contribution in [2.24, 2.45) is 5.84 Å². The average molecular weight is 244 g/mol. The van der Waals surface area contributed by atoms with E-state index in [1.807, 2.05) is 18.2 Å². The SMILES string of the molecule is CCc1cc(-c2nccc(NN)n2)ccc1OC. The van der Waals surface area contributed by atoms with Crippen LogP contribution in [-0.2, 0) is 6.42 Å². The number of nitrogens with zero attached hydrogens (tertiary/aromatic N) is 2. The number of ether oxygens (including phenoxy) is 1. The first-order valence-electron chi connectivity index (χ1n) is 5.75. The van der Waals surface area contributed by atoms with Crippen molar-refractivity contribution in [3.05, 3.63) is 36.0 Å². The van der Waals surface area contributed by atoms with Crippen LogP contribution in [0.2, 0.25) is 0 Å². The number of hydrogen-bond donors (Lipinski definition) is 2. The molecule has 0 atom stereocenters. The lowest BCUT2D eigenvalue weighted by Crippen LogP contribution is -2.09. The highest BCUT2D eigenvalue weighted by Crippen LogP contribution is 2.25. The Morgan fingerprint density at radius 1 is 1.33 bits per heavy atom. The number of nitrogens with one attached hydrogen (secondary N) is 1. The van der Waals surface area contributed by atoms with E-state index in [0.717, 1.165) is 23.3 Å². The van der Waals surface area contributed by atoms with E-state index in [9.17, 15) is 0 Å². The van der Waals surface area contributed by atoms with E-state index < -0.39 is 0 Å². The summed E-state index contributed by atoms with van der Waals surface area (Å²) in [4.78, 5) is 8.55. The summed E-state index contributed by atoms with van der Waals surface area (Å²) < 4.78 is 5.30. The molecule has 2 rings (SSSR count). The normalized spacial score (nSPS) is 10.2. The molecule has 1 aromatic carbocycles. The lowest BCUT2D eigenvalue weighted by molar-refractivity contribution is 0.410. The molecule has 0 aliphatic rings. The Morgan fingerprint density at radius 3 is 2.83 bits per heavy atom. The molecule has 0 amide bonds. The molecule has 0 fully saturated rings. The molecule has 0 bridgehead atoms. The van der Waals surface area contributed by atoms with Gasteiger partial charge in [0, 0.05) is 17.8 Å². The fraction of sp³-hybridized carbons (Fsp3) is 0.231. The summed E-state index contributed by atoms with van der Waals surface area (Å²) in [6.07, 6.45) is 2.57. The van der Waals surface area contributed by atoms with Crippen LogP contribution < -0.4 is 16.0 Å². The predicted molar refractivity (Wildman–Crippen MR) is 71.2 cm³/mol. The van der Waals surface area contributed by atoms with Crippen LogP contribution in [0.4, 0.5) is 5.82 Å². The van der Waals surface area contributed by atoms with Gasteiger partial charge in [0.05, 0.1) is 7.11 Å². The monoisotopic (exact) mass is 244 g/mol. The van der Waals surface area contributed by atoms with Crippen LogP contribution in [0.5, 0.6) is 5.75 Å². The van der Waals surface area contributed by atoms with Crippen molar-refractivity contribution in [2.45, 2.75) is 13.3 Å². The number of benzene rings is 1. The van der Waals surface area contributed by atoms with Gasteiger partial charge in [-0.1, -0.05) is 6.92 Å². The number of aromatic nitrogens is 2. The van der Waals surface area contributed by atoms with Gasteiger partial charge in [0.1, 0.15) is 11.6 Å². The van der Waals surface area contributed by atoms with E-state index in [4.69, 9.17) is 10.6 Å². The average Bonchev–Trinajstić information content (AvgIpc) is 2.46. The van der Waals surface area contributed by atoms with Gasteiger partial charge in [0.2, 0.25) is 0 Å². The highest BCUT2D eigenvalue weighted by Gasteiger charge is 2.06. The van der Waals surface area contributed by atoms with E-state index in [2.05, 4.69) is 22.3 Å². The van der Waals surface area contributed by atoms with Crippen LogP contribution in [0.3, 0.4) is 0 Å². The number of nitrogen functional groups attached to an aromatic ring is 1. The minimum Gasteiger partial charge on any atom is -0.496 e. The summed E-state index contributed by atoms with van der Waals surface area (Å²) in [5.41, 5.74) is 4.59. The quantitative estimate of drug-likeness (QED) is 0.635. The fourth-order valence-electron chi connectivity index (χ4n) is 1.77. The van der Waals surface area contributed by atoms with E-state index >= 15 is 0 Å². The molecule has 18 heavy (non-hydrogen) atoms. The van der Waals surface area contributed by atoms with Crippen LogP contribution in [0.25, 0.3) is 11.4 Å². The molecule has 5 heteroatoms. The fourth-order valence-corrected chi connectivity index (χ4v) is 1.77. The van der Waals surface area contributed by atoms with Crippen LogP contribution in [0.15, 0.2) is 30.5 Å². The van der Waals surface area contributed by atoms with Gasteiger partial charge in [-0.3, -0.25) is 0 Å². The zero-order chi connectivity index (χ0) is 13.0. The summed E-state index contributed by atoms with van der Waals surface area (Å²) in [7, 11) is 1.67. The standard InChI is InChI=1S/C13H16N4O/c1-3-9-8-10(4-5-11(9)18-2)13-15-7-6-12(16-13)17-14/h4-8H,3,14H2,1-2H3,(H,15,16,17). The molecular formula is C13H16N4O. The van der Waals surface area contributed by atoms with Gasteiger partial charge in [-0.2, -0.15) is 0 Å². The molecule has 0 saturated carbocycles. The van der Waals surface area contributed by atoms with Crippen molar-refractivity contribution >= 4 is 5.82 Å². The minimum atomic E-state index is 0.592. The number of nitrogens with two attached hydrogens (primary N) is 1. The van der Waals surface area contributed by atoms with E-state index in [-0.39, 0.29) is 0 Å².